The second-order valence-corrected chi connectivity index (χ2v) is 4.92. The minimum atomic E-state index is 0.146. The van der Waals surface area contributed by atoms with Gasteiger partial charge in [0.2, 0.25) is 0 Å². The summed E-state index contributed by atoms with van der Waals surface area (Å²) >= 11 is 3.46. The van der Waals surface area contributed by atoms with Crippen molar-refractivity contribution in [3.8, 4) is 5.75 Å². The lowest BCUT2D eigenvalue weighted by molar-refractivity contribution is 0.134. The highest BCUT2D eigenvalue weighted by Crippen LogP contribution is 2.24. The van der Waals surface area contributed by atoms with Crippen molar-refractivity contribution in [3.05, 3.63) is 28.2 Å². The van der Waals surface area contributed by atoms with Gasteiger partial charge in [0.1, 0.15) is 5.75 Å². The Balaban J connectivity index is 2.68. The third-order valence-electron chi connectivity index (χ3n) is 2.49. The summed E-state index contributed by atoms with van der Waals surface area (Å²) in [4.78, 5) is 0. The molecule has 0 fully saturated rings. The molecule has 1 rings (SSSR count). The third-order valence-corrected chi connectivity index (χ3v) is 2.99. The first-order valence-corrected chi connectivity index (χ1v) is 6.60. The van der Waals surface area contributed by atoms with Crippen LogP contribution in [0.15, 0.2) is 22.7 Å². The summed E-state index contributed by atoms with van der Waals surface area (Å²) in [7, 11) is 1.70. The van der Waals surface area contributed by atoms with Crippen molar-refractivity contribution in [1.29, 1.82) is 0 Å². The quantitative estimate of drug-likeness (QED) is 0.842. The van der Waals surface area contributed by atoms with Gasteiger partial charge in [-0.25, -0.2) is 0 Å². The fourth-order valence-electron chi connectivity index (χ4n) is 1.57. The van der Waals surface area contributed by atoms with Crippen LogP contribution in [0.1, 0.15) is 18.9 Å². The molecule has 0 saturated carbocycles. The van der Waals surface area contributed by atoms with Crippen molar-refractivity contribution in [2.75, 3.05) is 20.3 Å². The molecule has 1 atom stereocenters. The van der Waals surface area contributed by atoms with Crippen LogP contribution in [0.25, 0.3) is 0 Å². The van der Waals surface area contributed by atoms with Crippen LogP contribution in [0.5, 0.6) is 5.75 Å². The maximum absolute atomic E-state index is 5.90. The summed E-state index contributed by atoms with van der Waals surface area (Å²) < 4.78 is 12.0. The predicted octanol–water partition coefficient (Wildman–Crippen LogP) is 2.75. The molecular formula is C13H20BrNO2. The van der Waals surface area contributed by atoms with Crippen LogP contribution in [0.4, 0.5) is 0 Å². The number of hydrogen-bond donors (Lipinski definition) is 1. The Morgan fingerprint density at radius 1 is 1.41 bits per heavy atom. The Bertz CT molecular complexity index is 344. The molecule has 1 aromatic rings. The Labute approximate surface area is 111 Å². The smallest absolute Gasteiger partial charge is 0.123 e. The van der Waals surface area contributed by atoms with Gasteiger partial charge in [0.15, 0.2) is 0 Å². The normalized spacial score (nSPS) is 12.5. The van der Waals surface area contributed by atoms with Crippen LogP contribution >= 0.6 is 15.9 Å². The maximum Gasteiger partial charge on any atom is 0.123 e. The van der Waals surface area contributed by atoms with Crippen molar-refractivity contribution in [2.24, 2.45) is 5.73 Å². The number of benzene rings is 1. The third kappa shape index (κ3) is 5.06. The van der Waals surface area contributed by atoms with E-state index >= 15 is 0 Å². The van der Waals surface area contributed by atoms with Crippen LogP contribution in [-0.4, -0.2) is 26.4 Å². The fraction of sp³-hybridized carbons (Fsp3) is 0.538. The van der Waals surface area contributed by atoms with Gasteiger partial charge in [-0.1, -0.05) is 15.9 Å². The zero-order valence-corrected chi connectivity index (χ0v) is 12.0. The van der Waals surface area contributed by atoms with Gasteiger partial charge in [-0.3, -0.25) is 0 Å². The molecule has 0 aliphatic heterocycles. The topological polar surface area (TPSA) is 44.5 Å². The van der Waals surface area contributed by atoms with E-state index in [1.54, 1.807) is 7.11 Å². The van der Waals surface area contributed by atoms with E-state index in [0.717, 1.165) is 28.6 Å². The highest BCUT2D eigenvalue weighted by molar-refractivity contribution is 9.10. The van der Waals surface area contributed by atoms with E-state index in [-0.39, 0.29) is 6.10 Å². The zero-order chi connectivity index (χ0) is 12.7. The van der Waals surface area contributed by atoms with E-state index in [4.69, 9.17) is 15.2 Å². The van der Waals surface area contributed by atoms with Gasteiger partial charge in [-0.15, -0.1) is 0 Å². The Morgan fingerprint density at radius 3 is 2.82 bits per heavy atom. The predicted molar refractivity (Wildman–Crippen MR) is 73.5 cm³/mol. The summed E-state index contributed by atoms with van der Waals surface area (Å²) in [6.45, 7) is 3.39. The highest BCUT2D eigenvalue weighted by atomic mass is 79.9. The number of ether oxygens (including phenoxy) is 2. The van der Waals surface area contributed by atoms with Gasteiger partial charge in [-0.2, -0.15) is 0 Å². The first kappa shape index (κ1) is 14.5. The van der Waals surface area contributed by atoms with E-state index in [2.05, 4.69) is 22.0 Å². The van der Waals surface area contributed by atoms with Crippen molar-refractivity contribution in [1.82, 2.24) is 0 Å². The van der Waals surface area contributed by atoms with Gasteiger partial charge < -0.3 is 15.2 Å². The number of rotatable bonds is 7. The minimum Gasteiger partial charge on any atom is -0.490 e. The van der Waals surface area contributed by atoms with Crippen LogP contribution in [-0.2, 0) is 11.2 Å². The van der Waals surface area contributed by atoms with Crippen molar-refractivity contribution in [3.63, 3.8) is 0 Å². The van der Waals surface area contributed by atoms with Crippen LogP contribution in [0.2, 0.25) is 0 Å². The van der Waals surface area contributed by atoms with E-state index in [1.807, 2.05) is 19.1 Å². The molecule has 0 bridgehead atoms. The number of halogens is 1. The van der Waals surface area contributed by atoms with Gasteiger partial charge in [0.05, 0.1) is 6.10 Å². The summed E-state index contributed by atoms with van der Waals surface area (Å²) in [5, 5.41) is 0. The van der Waals surface area contributed by atoms with Gasteiger partial charge in [-0.05, 0) is 43.7 Å². The summed E-state index contributed by atoms with van der Waals surface area (Å²) in [5.74, 6) is 0.919. The number of methoxy groups -OCH3 is 1. The average molecular weight is 302 g/mol. The molecule has 3 nitrogen and oxygen atoms in total. The van der Waals surface area contributed by atoms with Crippen LogP contribution in [0.3, 0.4) is 0 Å². The summed E-state index contributed by atoms with van der Waals surface area (Å²) in [5.41, 5.74) is 6.74. The van der Waals surface area contributed by atoms with E-state index in [0.29, 0.717) is 13.2 Å². The van der Waals surface area contributed by atoms with Crippen molar-refractivity contribution < 1.29 is 9.47 Å². The number of hydrogen-bond acceptors (Lipinski definition) is 3. The van der Waals surface area contributed by atoms with E-state index < -0.39 is 0 Å². The van der Waals surface area contributed by atoms with Gasteiger partial charge in [0.25, 0.3) is 0 Å². The van der Waals surface area contributed by atoms with E-state index in [1.165, 1.54) is 0 Å². The average Bonchev–Trinajstić information content (AvgIpc) is 2.30. The molecule has 96 valence electrons. The molecule has 17 heavy (non-hydrogen) atoms. The molecule has 1 aromatic carbocycles. The minimum absolute atomic E-state index is 0.146. The maximum atomic E-state index is 5.90. The molecule has 1 unspecified atom stereocenters. The lowest BCUT2D eigenvalue weighted by Crippen LogP contribution is -2.15. The highest BCUT2D eigenvalue weighted by Gasteiger charge is 2.08. The fourth-order valence-corrected chi connectivity index (χ4v) is 1.98. The first-order chi connectivity index (χ1) is 8.17. The molecule has 0 aromatic heterocycles. The van der Waals surface area contributed by atoms with E-state index in [9.17, 15) is 0 Å². The lowest BCUT2D eigenvalue weighted by atomic mass is 10.1. The van der Waals surface area contributed by atoms with Crippen LogP contribution < -0.4 is 10.5 Å². The second kappa shape index (κ2) is 7.69. The zero-order valence-electron chi connectivity index (χ0n) is 10.4. The first-order valence-electron chi connectivity index (χ1n) is 5.81. The van der Waals surface area contributed by atoms with Crippen LogP contribution in [0, 0.1) is 0 Å². The monoisotopic (exact) mass is 301 g/mol. The lowest BCUT2D eigenvalue weighted by Gasteiger charge is -2.17. The van der Waals surface area contributed by atoms with Gasteiger partial charge in [0, 0.05) is 24.6 Å². The summed E-state index contributed by atoms with van der Waals surface area (Å²) in [6, 6.07) is 6.03. The van der Waals surface area contributed by atoms with Crippen molar-refractivity contribution >= 4 is 15.9 Å². The SMILES string of the molecule is COCCC(C)Oc1ccc(Br)cc1CCN. The molecule has 2 N–H and O–H groups in total. The molecule has 0 amide bonds. The molecule has 4 heteroatoms. The second-order valence-electron chi connectivity index (χ2n) is 4.00. The summed E-state index contributed by atoms with van der Waals surface area (Å²) in [6.07, 6.45) is 1.85. The molecule has 0 aliphatic carbocycles. The molecule has 0 heterocycles. The molecular weight excluding hydrogens is 282 g/mol. The van der Waals surface area contributed by atoms with Gasteiger partial charge >= 0.3 is 0 Å². The Hall–Kier alpha value is -0.580. The molecule has 0 saturated heterocycles. The molecule has 0 radical (unpaired) electrons. The molecule has 0 aliphatic rings. The largest absolute Gasteiger partial charge is 0.490 e. The standard InChI is InChI=1S/C13H20BrNO2/c1-10(6-8-16-2)17-13-4-3-12(14)9-11(13)5-7-15/h3-4,9-10H,5-8,15H2,1-2H3. The number of nitrogens with two attached hydrogens (primary N) is 1. The Morgan fingerprint density at radius 2 is 2.18 bits per heavy atom. The van der Waals surface area contributed by atoms with Crippen molar-refractivity contribution in [2.45, 2.75) is 25.9 Å². The Kier molecular flexibility index (Phi) is 6.55. The molecule has 0 spiro atoms.